The van der Waals surface area contributed by atoms with E-state index in [4.69, 9.17) is 0 Å². The molecule has 3 heteroatoms. The van der Waals surface area contributed by atoms with Crippen LogP contribution >= 0.6 is 0 Å². The number of carbonyl (C=O) groups excluding carboxylic acids is 1. The molecule has 1 rings (SSSR count). The second-order valence-corrected chi connectivity index (χ2v) is 5.13. The molecule has 0 aromatic rings. The molecule has 0 aromatic carbocycles. The zero-order valence-electron chi connectivity index (χ0n) is 10.4. The van der Waals surface area contributed by atoms with E-state index in [9.17, 15) is 4.79 Å². The van der Waals surface area contributed by atoms with Crippen molar-refractivity contribution in [2.24, 2.45) is 11.8 Å². The van der Waals surface area contributed by atoms with Crippen LogP contribution in [0, 0.1) is 11.8 Å². The van der Waals surface area contributed by atoms with Crippen LogP contribution in [-0.4, -0.2) is 37.5 Å². The Morgan fingerprint density at radius 3 is 2.47 bits per heavy atom. The summed E-state index contributed by atoms with van der Waals surface area (Å²) in [6.45, 7) is 5.12. The van der Waals surface area contributed by atoms with Crippen molar-refractivity contribution in [2.75, 3.05) is 20.6 Å². The van der Waals surface area contributed by atoms with Gasteiger partial charge in [-0.25, -0.2) is 0 Å². The molecule has 0 aliphatic heterocycles. The van der Waals surface area contributed by atoms with Crippen molar-refractivity contribution in [1.29, 1.82) is 0 Å². The van der Waals surface area contributed by atoms with Crippen LogP contribution in [0.4, 0.5) is 0 Å². The number of hydrogen-bond acceptors (Lipinski definition) is 2. The summed E-state index contributed by atoms with van der Waals surface area (Å²) >= 11 is 0. The van der Waals surface area contributed by atoms with Gasteiger partial charge in [0.1, 0.15) is 0 Å². The SMILES string of the molecule is C[C@@H]1CC[C@H](NCC(=O)N(C)C)C[C@@H]1C. The molecule has 15 heavy (non-hydrogen) atoms. The number of nitrogens with zero attached hydrogens (tertiary/aromatic N) is 1. The Morgan fingerprint density at radius 1 is 1.27 bits per heavy atom. The molecule has 1 fully saturated rings. The number of hydrogen-bond donors (Lipinski definition) is 1. The Morgan fingerprint density at radius 2 is 1.93 bits per heavy atom. The van der Waals surface area contributed by atoms with E-state index in [2.05, 4.69) is 19.2 Å². The first-order valence-electron chi connectivity index (χ1n) is 5.94. The molecule has 88 valence electrons. The highest BCUT2D eigenvalue weighted by molar-refractivity contribution is 5.77. The molecular weight excluding hydrogens is 188 g/mol. The highest BCUT2D eigenvalue weighted by atomic mass is 16.2. The highest BCUT2D eigenvalue weighted by Crippen LogP contribution is 2.29. The normalized spacial score (nSPS) is 31.3. The molecule has 1 N–H and O–H groups in total. The Bertz CT molecular complexity index is 216. The van der Waals surface area contributed by atoms with Gasteiger partial charge >= 0.3 is 0 Å². The monoisotopic (exact) mass is 212 g/mol. The molecule has 0 unspecified atom stereocenters. The summed E-state index contributed by atoms with van der Waals surface area (Å²) in [4.78, 5) is 13.0. The Kier molecular flexibility index (Phi) is 4.58. The number of amides is 1. The predicted molar refractivity (Wildman–Crippen MR) is 62.7 cm³/mol. The molecule has 1 amide bonds. The molecule has 3 atom stereocenters. The maximum Gasteiger partial charge on any atom is 0.236 e. The summed E-state index contributed by atoms with van der Waals surface area (Å²) in [5.41, 5.74) is 0. The van der Waals surface area contributed by atoms with E-state index in [1.165, 1.54) is 19.3 Å². The van der Waals surface area contributed by atoms with E-state index in [0.717, 1.165) is 11.8 Å². The van der Waals surface area contributed by atoms with Crippen LogP contribution in [0.5, 0.6) is 0 Å². The van der Waals surface area contributed by atoms with Crippen LogP contribution in [-0.2, 0) is 4.79 Å². The van der Waals surface area contributed by atoms with Gasteiger partial charge < -0.3 is 10.2 Å². The molecule has 1 aliphatic rings. The standard InChI is InChI=1S/C12H24N2O/c1-9-5-6-11(7-10(9)2)13-8-12(15)14(3)4/h9-11,13H,5-8H2,1-4H3/t9-,10+,11+/m1/s1. The predicted octanol–water partition coefficient (Wildman–Crippen LogP) is 1.49. The first-order valence-corrected chi connectivity index (χ1v) is 5.94. The van der Waals surface area contributed by atoms with Crippen molar-refractivity contribution in [3.63, 3.8) is 0 Å². The van der Waals surface area contributed by atoms with E-state index in [0.29, 0.717) is 12.6 Å². The summed E-state index contributed by atoms with van der Waals surface area (Å²) < 4.78 is 0. The van der Waals surface area contributed by atoms with Crippen LogP contribution in [0.15, 0.2) is 0 Å². The largest absolute Gasteiger partial charge is 0.348 e. The smallest absolute Gasteiger partial charge is 0.236 e. The summed E-state index contributed by atoms with van der Waals surface area (Å²) in [7, 11) is 3.60. The minimum atomic E-state index is 0.168. The Hall–Kier alpha value is -0.570. The molecular formula is C12H24N2O. The summed E-state index contributed by atoms with van der Waals surface area (Å²) in [5, 5.41) is 3.36. The van der Waals surface area contributed by atoms with Gasteiger partial charge in [0.15, 0.2) is 0 Å². The third kappa shape index (κ3) is 3.82. The average Bonchev–Trinajstić information content (AvgIpc) is 2.19. The van der Waals surface area contributed by atoms with Gasteiger partial charge in [0.05, 0.1) is 6.54 Å². The molecule has 1 saturated carbocycles. The van der Waals surface area contributed by atoms with Crippen LogP contribution in [0.2, 0.25) is 0 Å². The molecule has 0 saturated heterocycles. The quantitative estimate of drug-likeness (QED) is 0.768. The van der Waals surface area contributed by atoms with Gasteiger partial charge in [0, 0.05) is 20.1 Å². The van der Waals surface area contributed by atoms with E-state index in [-0.39, 0.29) is 5.91 Å². The summed E-state index contributed by atoms with van der Waals surface area (Å²) in [6, 6.07) is 0.542. The van der Waals surface area contributed by atoms with Gasteiger partial charge in [-0.1, -0.05) is 13.8 Å². The van der Waals surface area contributed by atoms with Crippen molar-refractivity contribution in [3.05, 3.63) is 0 Å². The zero-order chi connectivity index (χ0) is 11.4. The van der Waals surface area contributed by atoms with Crippen molar-refractivity contribution in [2.45, 2.75) is 39.2 Å². The Labute approximate surface area is 93.2 Å². The maximum absolute atomic E-state index is 11.4. The minimum absolute atomic E-state index is 0.168. The fraction of sp³-hybridized carbons (Fsp3) is 0.917. The van der Waals surface area contributed by atoms with Crippen molar-refractivity contribution in [1.82, 2.24) is 10.2 Å². The molecule has 0 bridgehead atoms. The van der Waals surface area contributed by atoms with Crippen molar-refractivity contribution in [3.8, 4) is 0 Å². The molecule has 1 aliphatic carbocycles. The van der Waals surface area contributed by atoms with E-state index in [1.54, 1.807) is 19.0 Å². The summed E-state index contributed by atoms with van der Waals surface area (Å²) in [6.07, 6.45) is 3.71. The number of rotatable bonds is 3. The van der Waals surface area contributed by atoms with E-state index < -0.39 is 0 Å². The number of nitrogens with one attached hydrogen (secondary N) is 1. The second kappa shape index (κ2) is 5.50. The van der Waals surface area contributed by atoms with Gasteiger partial charge in [-0.3, -0.25) is 4.79 Å². The lowest BCUT2D eigenvalue weighted by Crippen LogP contribution is -2.41. The van der Waals surface area contributed by atoms with Crippen LogP contribution in [0.3, 0.4) is 0 Å². The fourth-order valence-corrected chi connectivity index (χ4v) is 2.12. The second-order valence-electron chi connectivity index (χ2n) is 5.13. The van der Waals surface area contributed by atoms with Crippen LogP contribution < -0.4 is 5.32 Å². The molecule has 0 spiro atoms. The molecule has 3 nitrogen and oxygen atoms in total. The number of likely N-dealkylation sites (N-methyl/N-ethyl adjacent to an activating group) is 1. The summed E-state index contributed by atoms with van der Waals surface area (Å²) in [5.74, 6) is 1.79. The minimum Gasteiger partial charge on any atom is -0.348 e. The topological polar surface area (TPSA) is 32.3 Å². The lowest BCUT2D eigenvalue weighted by molar-refractivity contribution is -0.127. The van der Waals surface area contributed by atoms with Crippen molar-refractivity contribution < 1.29 is 4.79 Å². The third-order valence-corrected chi connectivity index (χ3v) is 3.64. The first kappa shape index (κ1) is 12.5. The maximum atomic E-state index is 11.4. The highest BCUT2D eigenvalue weighted by Gasteiger charge is 2.24. The van der Waals surface area contributed by atoms with Gasteiger partial charge in [-0.05, 0) is 31.1 Å². The van der Waals surface area contributed by atoms with Crippen LogP contribution in [0.1, 0.15) is 33.1 Å². The average molecular weight is 212 g/mol. The Balaban J connectivity index is 2.25. The molecule has 0 radical (unpaired) electrons. The fourth-order valence-electron chi connectivity index (χ4n) is 2.12. The number of carbonyl (C=O) groups is 1. The molecule has 0 aromatic heterocycles. The van der Waals surface area contributed by atoms with E-state index in [1.807, 2.05) is 0 Å². The van der Waals surface area contributed by atoms with Crippen molar-refractivity contribution >= 4 is 5.91 Å². The van der Waals surface area contributed by atoms with Gasteiger partial charge in [-0.2, -0.15) is 0 Å². The van der Waals surface area contributed by atoms with Crippen LogP contribution in [0.25, 0.3) is 0 Å². The lowest BCUT2D eigenvalue weighted by Gasteiger charge is -2.32. The lowest BCUT2D eigenvalue weighted by atomic mass is 9.79. The van der Waals surface area contributed by atoms with Gasteiger partial charge in [-0.15, -0.1) is 0 Å². The van der Waals surface area contributed by atoms with E-state index >= 15 is 0 Å². The van der Waals surface area contributed by atoms with Gasteiger partial charge in [0.25, 0.3) is 0 Å². The molecule has 0 heterocycles. The zero-order valence-corrected chi connectivity index (χ0v) is 10.4. The third-order valence-electron chi connectivity index (χ3n) is 3.64. The van der Waals surface area contributed by atoms with Gasteiger partial charge in [0.2, 0.25) is 5.91 Å². The first-order chi connectivity index (χ1) is 7.00.